The summed E-state index contributed by atoms with van der Waals surface area (Å²) in [6.45, 7) is 7.83. The van der Waals surface area contributed by atoms with Gasteiger partial charge in [-0.25, -0.2) is 9.37 Å². The van der Waals surface area contributed by atoms with E-state index in [1.807, 2.05) is 24.3 Å². The summed E-state index contributed by atoms with van der Waals surface area (Å²) in [5.41, 5.74) is 7.93. The molecule has 0 spiro atoms. The fraction of sp³-hybridized carbons (Fsp3) is 0.333. The van der Waals surface area contributed by atoms with E-state index in [9.17, 15) is 9.18 Å². The van der Waals surface area contributed by atoms with E-state index >= 15 is 0 Å². The van der Waals surface area contributed by atoms with E-state index in [1.54, 1.807) is 6.07 Å². The first-order valence-electron chi connectivity index (χ1n) is 10.4. The molecule has 2 aromatic carbocycles. The molecule has 0 aliphatic carbocycles. The van der Waals surface area contributed by atoms with Gasteiger partial charge in [0, 0.05) is 36.8 Å². The van der Waals surface area contributed by atoms with E-state index in [0.717, 1.165) is 24.2 Å². The standard InChI is InChI=1S/C24H27FN4O2/c1-24(2,29-8-10-31-11-9-29)15-28-23(30)21-14-27-22(26)20-13-17(6-7-19(20)21)16-4-3-5-18(25)12-16/h3-7,12-14H,8-11,15H2,1-2H3,(H2,26,27)(H,28,30). The minimum Gasteiger partial charge on any atom is -0.383 e. The van der Waals surface area contributed by atoms with E-state index in [0.29, 0.717) is 41.9 Å². The summed E-state index contributed by atoms with van der Waals surface area (Å²) in [6, 6.07) is 11.9. The number of nitrogen functional groups attached to an aromatic ring is 1. The van der Waals surface area contributed by atoms with Crippen molar-refractivity contribution in [3.8, 4) is 11.1 Å². The second-order valence-electron chi connectivity index (χ2n) is 8.42. The average molecular weight is 423 g/mol. The number of anilines is 1. The van der Waals surface area contributed by atoms with Crippen molar-refractivity contribution < 1.29 is 13.9 Å². The van der Waals surface area contributed by atoms with Gasteiger partial charge < -0.3 is 15.8 Å². The maximum Gasteiger partial charge on any atom is 0.253 e. The number of benzene rings is 2. The van der Waals surface area contributed by atoms with Gasteiger partial charge in [0.2, 0.25) is 0 Å². The van der Waals surface area contributed by atoms with Crippen LogP contribution in [0, 0.1) is 5.82 Å². The summed E-state index contributed by atoms with van der Waals surface area (Å²) in [4.78, 5) is 19.6. The summed E-state index contributed by atoms with van der Waals surface area (Å²) in [5.74, 6) is -0.171. The van der Waals surface area contributed by atoms with Gasteiger partial charge in [-0.2, -0.15) is 0 Å². The molecule has 4 rings (SSSR count). The quantitative estimate of drug-likeness (QED) is 0.658. The Morgan fingerprint density at radius 1 is 1.16 bits per heavy atom. The predicted molar refractivity (Wildman–Crippen MR) is 120 cm³/mol. The van der Waals surface area contributed by atoms with Crippen LogP contribution in [0.15, 0.2) is 48.7 Å². The number of hydrogen-bond donors (Lipinski definition) is 2. The van der Waals surface area contributed by atoms with Gasteiger partial charge in [-0.05, 0) is 48.6 Å². The van der Waals surface area contributed by atoms with Crippen LogP contribution in [-0.4, -0.2) is 54.2 Å². The number of carbonyl (C=O) groups is 1. The first kappa shape index (κ1) is 21.2. The van der Waals surface area contributed by atoms with Gasteiger partial charge >= 0.3 is 0 Å². The molecule has 3 aromatic rings. The number of carbonyl (C=O) groups excluding carboxylic acids is 1. The lowest BCUT2D eigenvalue weighted by molar-refractivity contribution is -0.00922. The molecule has 0 radical (unpaired) electrons. The molecule has 31 heavy (non-hydrogen) atoms. The maximum absolute atomic E-state index is 13.6. The van der Waals surface area contributed by atoms with E-state index in [-0.39, 0.29) is 17.3 Å². The maximum atomic E-state index is 13.6. The fourth-order valence-corrected chi connectivity index (χ4v) is 3.97. The second kappa shape index (κ2) is 8.61. The lowest BCUT2D eigenvalue weighted by Gasteiger charge is -2.40. The van der Waals surface area contributed by atoms with Crippen molar-refractivity contribution in [3.63, 3.8) is 0 Å². The Hall–Kier alpha value is -3.03. The van der Waals surface area contributed by atoms with E-state index < -0.39 is 0 Å². The molecule has 0 atom stereocenters. The molecule has 2 heterocycles. The van der Waals surface area contributed by atoms with Gasteiger partial charge in [0.05, 0.1) is 18.8 Å². The topological polar surface area (TPSA) is 80.5 Å². The fourth-order valence-electron chi connectivity index (χ4n) is 3.97. The largest absolute Gasteiger partial charge is 0.383 e. The number of ether oxygens (including phenoxy) is 1. The zero-order chi connectivity index (χ0) is 22.0. The molecular formula is C24H27FN4O2. The number of fused-ring (bicyclic) bond motifs is 1. The molecule has 7 heteroatoms. The van der Waals surface area contributed by atoms with Crippen LogP contribution in [0.1, 0.15) is 24.2 Å². The first-order chi connectivity index (χ1) is 14.8. The highest BCUT2D eigenvalue weighted by Gasteiger charge is 2.29. The summed E-state index contributed by atoms with van der Waals surface area (Å²) in [5, 5.41) is 4.44. The highest BCUT2D eigenvalue weighted by molar-refractivity contribution is 6.09. The molecule has 0 unspecified atom stereocenters. The third kappa shape index (κ3) is 4.52. The SMILES string of the molecule is CC(C)(CNC(=O)c1cnc(N)c2cc(-c3cccc(F)c3)ccc12)N1CCOCC1. The van der Waals surface area contributed by atoms with Crippen molar-refractivity contribution in [1.82, 2.24) is 15.2 Å². The first-order valence-corrected chi connectivity index (χ1v) is 10.4. The van der Waals surface area contributed by atoms with Crippen LogP contribution in [0.4, 0.5) is 10.2 Å². The van der Waals surface area contributed by atoms with E-state index in [4.69, 9.17) is 10.5 Å². The molecular weight excluding hydrogens is 395 g/mol. The second-order valence-corrected chi connectivity index (χ2v) is 8.42. The van der Waals surface area contributed by atoms with Gasteiger partial charge in [-0.15, -0.1) is 0 Å². The highest BCUT2D eigenvalue weighted by atomic mass is 19.1. The smallest absolute Gasteiger partial charge is 0.253 e. The zero-order valence-electron chi connectivity index (χ0n) is 17.8. The molecule has 0 saturated carbocycles. The number of pyridine rings is 1. The number of nitrogens with two attached hydrogens (primary N) is 1. The normalized spacial score (nSPS) is 15.2. The third-order valence-electron chi connectivity index (χ3n) is 5.87. The zero-order valence-corrected chi connectivity index (χ0v) is 17.8. The van der Waals surface area contributed by atoms with Crippen molar-refractivity contribution in [2.24, 2.45) is 0 Å². The number of hydrogen-bond acceptors (Lipinski definition) is 5. The molecule has 0 bridgehead atoms. The Kier molecular flexibility index (Phi) is 5.89. The van der Waals surface area contributed by atoms with Crippen LogP contribution in [0.25, 0.3) is 21.9 Å². The van der Waals surface area contributed by atoms with Gasteiger partial charge in [0.15, 0.2) is 0 Å². The van der Waals surface area contributed by atoms with Gasteiger partial charge in [0.25, 0.3) is 5.91 Å². The number of rotatable bonds is 5. The van der Waals surface area contributed by atoms with Crippen molar-refractivity contribution in [2.45, 2.75) is 19.4 Å². The summed E-state index contributed by atoms with van der Waals surface area (Å²) < 4.78 is 19.1. The number of amides is 1. The molecule has 1 aromatic heterocycles. The molecule has 1 aliphatic rings. The number of halogens is 1. The van der Waals surface area contributed by atoms with Gasteiger partial charge in [0.1, 0.15) is 11.6 Å². The molecule has 3 N–H and O–H groups in total. The summed E-state index contributed by atoms with van der Waals surface area (Å²) in [7, 11) is 0. The van der Waals surface area contributed by atoms with Crippen molar-refractivity contribution in [2.75, 3.05) is 38.6 Å². The van der Waals surface area contributed by atoms with Crippen LogP contribution in [0.5, 0.6) is 0 Å². The number of morpholine rings is 1. The molecule has 1 fully saturated rings. The molecule has 1 saturated heterocycles. The van der Waals surface area contributed by atoms with Crippen molar-refractivity contribution >= 4 is 22.5 Å². The van der Waals surface area contributed by atoms with E-state index in [2.05, 4.69) is 29.0 Å². The number of nitrogens with zero attached hydrogens (tertiary/aromatic N) is 2. The van der Waals surface area contributed by atoms with Gasteiger partial charge in [-0.1, -0.05) is 24.3 Å². The van der Waals surface area contributed by atoms with Crippen LogP contribution < -0.4 is 11.1 Å². The Labute approximate surface area is 181 Å². The van der Waals surface area contributed by atoms with Crippen LogP contribution in [-0.2, 0) is 4.74 Å². The predicted octanol–water partition coefficient (Wildman–Crippen LogP) is 3.46. The monoisotopic (exact) mass is 422 g/mol. The third-order valence-corrected chi connectivity index (χ3v) is 5.87. The van der Waals surface area contributed by atoms with Crippen molar-refractivity contribution in [1.29, 1.82) is 0 Å². The Morgan fingerprint density at radius 3 is 2.65 bits per heavy atom. The Balaban J connectivity index is 1.58. The van der Waals surface area contributed by atoms with Gasteiger partial charge in [-0.3, -0.25) is 9.69 Å². The minimum atomic E-state index is -0.306. The van der Waals surface area contributed by atoms with Crippen LogP contribution >= 0.6 is 0 Å². The Bertz CT molecular complexity index is 1110. The molecule has 6 nitrogen and oxygen atoms in total. The van der Waals surface area contributed by atoms with E-state index in [1.165, 1.54) is 18.3 Å². The van der Waals surface area contributed by atoms with Crippen molar-refractivity contribution in [3.05, 3.63) is 60.0 Å². The summed E-state index contributed by atoms with van der Waals surface area (Å²) in [6.07, 6.45) is 1.51. The lowest BCUT2D eigenvalue weighted by atomic mass is 9.98. The minimum absolute atomic E-state index is 0.193. The van der Waals surface area contributed by atoms with Crippen LogP contribution in [0.3, 0.4) is 0 Å². The highest BCUT2D eigenvalue weighted by Crippen LogP contribution is 2.29. The number of aromatic nitrogens is 1. The molecule has 162 valence electrons. The molecule has 1 amide bonds. The lowest BCUT2D eigenvalue weighted by Crippen LogP contribution is -2.55. The van der Waals surface area contributed by atoms with Crippen LogP contribution in [0.2, 0.25) is 0 Å². The Morgan fingerprint density at radius 2 is 1.90 bits per heavy atom. The summed E-state index contributed by atoms with van der Waals surface area (Å²) >= 11 is 0. The molecule has 1 aliphatic heterocycles. The number of nitrogens with one attached hydrogen (secondary N) is 1. The average Bonchev–Trinajstić information content (AvgIpc) is 2.78.